The highest BCUT2D eigenvalue weighted by atomic mass is 19.4. The largest absolute Gasteiger partial charge is 0.416 e. The molecule has 21 heavy (non-hydrogen) atoms. The average Bonchev–Trinajstić information content (AvgIpc) is 2.42. The second-order valence-corrected chi connectivity index (χ2v) is 4.98. The van der Waals surface area contributed by atoms with Gasteiger partial charge in [-0.3, -0.25) is 4.79 Å². The molecule has 1 saturated heterocycles. The fourth-order valence-electron chi connectivity index (χ4n) is 2.26. The summed E-state index contributed by atoms with van der Waals surface area (Å²) >= 11 is 0. The first kappa shape index (κ1) is 15.8. The van der Waals surface area contributed by atoms with Crippen molar-refractivity contribution in [3.05, 3.63) is 35.4 Å². The second kappa shape index (κ2) is 6.44. The van der Waals surface area contributed by atoms with Crippen molar-refractivity contribution in [2.24, 2.45) is 5.73 Å². The van der Waals surface area contributed by atoms with Crippen LogP contribution in [0.1, 0.15) is 17.5 Å². The van der Waals surface area contributed by atoms with Gasteiger partial charge in [0.15, 0.2) is 0 Å². The van der Waals surface area contributed by atoms with Crippen LogP contribution in [0.4, 0.5) is 13.2 Å². The number of nitrogens with zero attached hydrogens (tertiary/aromatic N) is 1. The Morgan fingerprint density at radius 3 is 2.81 bits per heavy atom. The number of carbonyl (C=O) groups is 1. The van der Waals surface area contributed by atoms with Crippen LogP contribution in [0.15, 0.2) is 24.3 Å². The van der Waals surface area contributed by atoms with E-state index in [4.69, 9.17) is 10.5 Å². The molecule has 0 bridgehead atoms. The summed E-state index contributed by atoms with van der Waals surface area (Å²) in [4.78, 5) is 13.3. The fraction of sp³-hybridized carbons (Fsp3) is 0.500. The summed E-state index contributed by atoms with van der Waals surface area (Å²) in [5.74, 6) is -0.222. The standard InChI is InChI=1S/C14H17F3N2O2/c15-14(16,17)11-3-1-2-10(6-11)7-19-8-12(4-5-18)21-9-13(19)20/h1-3,6,12H,4-5,7-9,18H2. The maximum absolute atomic E-state index is 12.7. The number of carbonyl (C=O) groups excluding carboxylic acids is 1. The zero-order chi connectivity index (χ0) is 15.5. The highest BCUT2D eigenvalue weighted by Crippen LogP contribution is 2.29. The lowest BCUT2D eigenvalue weighted by Gasteiger charge is -2.32. The van der Waals surface area contributed by atoms with Crippen LogP contribution in [0.3, 0.4) is 0 Å². The molecule has 7 heteroatoms. The molecule has 1 fully saturated rings. The number of amides is 1. The number of halogens is 3. The molecule has 0 radical (unpaired) electrons. The van der Waals surface area contributed by atoms with E-state index in [1.165, 1.54) is 11.0 Å². The Morgan fingerprint density at radius 1 is 1.38 bits per heavy atom. The summed E-state index contributed by atoms with van der Waals surface area (Å²) in [5, 5.41) is 0. The molecule has 1 aliphatic heterocycles. The van der Waals surface area contributed by atoms with Crippen LogP contribution in [0, 0.1) is 0 Å². The average molecular weight is 302 g/mol. The number of nitrogens with two attached hydrogens (primary N) is 1. The molecule has 1 amide bonds. The van der Waals surface area contributed by atoms with E-state index in [9.17, 15) is 18.0 Å². The van der Waals surface area contributed by atoms with Crippen LogP contribution >= 0.6 is 0 Å². The SMILES string of the molecule is NCCC1CN(Cc2cccc(C(F)(F)F)c2)C(=O)CO1. The summed E-state index contributed by atoms with van der Waals surface area (Å²) in [6.45, 7) is 0.888. The summed E-state index contributed by atoms with van der Waals surface area (Å²) in [6.07, 6.45) is -3.92. The molecule has 1 unspecified atom stereocenters. The molecule has 1 aliphatic rings. The number of hydrogen-bond acceptors (Lipinski definition) is 3. The van der Waals surface area contributed by atoms with Gasteiger partial charge in [0.2, 0.25) is 5.91 Å². The van der Waals surface area contributed by atoms with E-state index in [1.807, 2.05) is 0 Å². The van der Waals surface area contributed by atoms with Crippen molar-refractivity contribution >= 4 is 5.91 Å². The zero-order valence-corrected chi connectivity index (χ0v) is 11.4. The normalized spacial score (nSPS) is 19.9. The van der Waals surface area contributed by atoms with Crippen LogP contribution in [-0.4, -0.2) is 36.6 Å². The van der Waals surface area contributed by atoms with Crippen molar-refractivity contribution in [3.8, 4) is 0 Å². The molecule has 0 spiro atoms. The summed E-state index contributed by atoms with van der Waals surface area (Å²) in [7, 11) is 0. The lowest BCUT2D eigenvalue weighted by molar-refractivity contribution is -0.149. The van der Waals surface area contributed by atoms with Crippen molar-refractivity contribution in [3.63, 3.8) is 0 Å². The minimum Gasteiger partial charge on any atom is -0.367 e. The molecule has 4 nitrogen and oxygen atoms in total. The van der Waals surface area contributed by atoms with Gasteiger partial charge in [0, 0.05) is 13.1 Å². The molecule has 0 aromatic heterocycles. The topological polar surface area (TPSA) is 55.6 Å². The van der Waals surface area contributed by atoms with Gasteiger partial charge in [-0.15, -0.1) is 0 Å². The van der Waals surface area contributed by atoms with Gasteiger partial charge in [-0.1, -0.05) is 12.1 Å². The summed E-state index contributed by atoms with van der Waals surface area (Å²) < 4.78 is 43.3. The Labute approximate surface area is 120 Å². The first-order valence-corrected chi connectivity index (χ1v) is 6.65. The molecule has 1 atom stereocenters. The minimum atomic E-state index is -4.38. The van der Waals surface area contributed by atoms with E-state index in [0.717, 1.165) is 12.1 Å². The molecule has 1 aromatic rings. The number of alkyl halides is 3. The third kappa shape index (κ3) is 4.18. The smallest absolute Gasteiger partial charge is 0.367 e. The molecule has 116 valence electrons. The molecular formula is C14H17F3N2O2. The van der Waals surface area contributed by atoms with Gasteiger partial charge < -0.3 is 15.4 Å². The monoisotopic (exact) mass is 302 g/mol. The van der Waals surface area contributed by atoms with Crippen LogP contribution in [0.5, 0.6) is 0 Å². The number of ether oxygens (including phenoxy) is 1. The molecule has 2 rings (SSSR count). The Kier molecular flexibility index (Phi) is 4.84. The third-order valence-corrected chi connectivity index (χ3v) is 3.34. The first-order chi connectivity index (χ1) is 9.90. The van der Waals surface area contributed by atoms with Crippen molar-refractivity contribution in [1.29, 1.82) is 0 Å². The minimum absolute atomic E-state index is 0.0520. The van der Waals surface area contributed by atoms with Gasteiger partial charge in [0.1, 0.15) is 6.61 Å². The fourth-order valence-corrected chi connectivity index (χ4v) is 2.26. The van der Waals surface area contributed by atoms with E-state index < -0.39 is 11.7 Å². The van der Waals surface area contributed by atoms with E-state index in [1.54, 1.807) is 6.07 Å². The number of rotatable bonds is 4. The Morgan fingerprint density at radius 2 is 2.14 bits per heavy atom. The lowest BCUT2D eigenvalue weighted by Crippen LogP contribution is -2.46. The quantitative estimate of drug-likeness (QED) is 0.922. The highest BCUT2D eigenvalue weighted by Gasteiger charge is 2.31. The molecule has 0 aliphatic carbocycles. The van der Waals surface area contributed by atoms with E-state index >= 15 is 0 Å². The van der Waals surface area contributed by atoms with Gasteiger partial charge in [-0.05, 0) is 30.7 Å². The molecule has 1 heterocycles. The Hall–Kier alpha value is -1.60. The maximum atomic E-state index is 12.7. The van der Waals surface area contributed by atoms with E-state index in [2.05, 4.69) is 0 Å². The van der Waals surface area contributed by atoms with E-state index in [-0.39, 0.29) is 25.2 Å². The Balaban J connectivity index is 2.07. The van der Waals surface area contributed by atoms with Crippen molar-refractivity contribution in [1.82, 2.24) is 4.90 Å². The summed E-state index contributed by atoms with van der Waals surface area (Å²) in [6, 6.07) is 5.01. The first-order valence-electron chi connectivity index (χ1n) is 6.65. The summed E-state index contributed by atoms with van der Waals surface area (Å²) in [5.41, 5.74) is 5.19. The predicted octanol–water partition coefficient (Wildman–Crippen LogP) is 1.78. The van der Waals surface area contributed by atoms with Crippen LogP contribution in [0.2, 0.25) is 0 Å². The van der Waals surface area contributed by atoms with Gasteiger partial charge in [0.05, 0.1) is 11.7 Å². The lowest BCUT2D eigenvalue weighted by atomic mass is 10.1. The van der Waals surface area contributed by atoms with Crippen LogP contribution < -0.4 is 5.73 Å². The molecule has 2 N–H and O–H groups in total. The van der Waals surface area contributed by atoms with Crippen molar-refractivity contribution in [2.45, 2.75) is 25.2 Å². The van der Waals surface area contributed by atoms with Crippen molar-refractivity contribution in [2.75, 3.05) is 19.7 Å². The van der Waals surface area contributed by atoms with Crippen LogP contribution in [0.25, 0.3) is 0 Å². The molecule has 0 saturated carbocycles. The van der Waals surface area contributed by atoms with Gasteiger partial charge in [0.25, 0.3) is 0 Å². The highest BCUT2D eigenvalue weighted by molar-refractivity contribution is 5.78. The second-order valence-electron chi connectivity index (χ2n) is 4.98. The zero-order valence-electron chi connectivity index (χ0n) is 11.4. The third-order valence-electron chi connectivity index (χ3n) is 3.34. The Bertz CT molecular complexity index is 505. The molecular weight excluding hydrogens is 285 g/mol. The van der Waals surface area contributed by atoms with Gasteiger partial charge >= 0.3 is 6.18 Å². The van der Waals surface area contributed by atoms with Gasteiger partial charge in [-0.25, -0.2) is 0 Å². The maximum Gasteiger partial charge on any atom is 0.416 e. The van der Waals surface area contributed by atoms with Crippen LogP contribution in [-0.2, 0) is 22.3 Å². The number of morpholine rings is 1. The van der Waals surface area contributed by atoms with Crippen molar-refractivity contribution < 1.29 is 22.7 Å². The predicted molar refractivity (Wildman–Crippen MR) is 70.3 cm³/mol. The number of hydrogen-bond donors (Lipinski definition) is 1. The van der Waals surface area contributed by atoms with E-state index in [0.29, 0.717) is 25.1 Å². The number of benzene rings is 1. The van der Waals surface area contributed by atoms with Gasteiger partial charge in [-0.2, -0.15) is 13.2 Å². The molecule has 1 aromatic carbocycles.